The van der Waals surface area contributed by atoms with Crippen LogP contribution in [0.3, 0.4) is 0 Å². The molecule has 116 valence electrons. The molecule has 0 aromatic rings. The Hall–Kier alpha value is -1.56. The summed E-state index contributed by atoms with van der Waals surface area (Å²) in [7, 11) is 0. The first kappa shape index (κ1) is 18.4. The number of esters is 1. The molecular weight excluding hydrogens is 256 g/mol. The Balaban J connectivity index is 4.12. The van der Waals surface area contributed by atoms with Crippen LogP contribution >= 0.6 is 0 Å². The van der Waals surface area contributed by atoms with Gasteiger partial charge in [-0.2, -0.15) is 0 Å². The third-order valence-corrected chi connectivity index (χ3v) is 2.74. The average Bonchev–Trinajstić information content (AvgIpc) is 2.42. The fraction of sp³-hybridized carbons (Fsp3) is 0.714. The highest BCUT2D eigenvalue weighted by Gasteiger charge is 2.18. The molecule has 1 atom stereocenters. The monoisotopic (exact) mass is 284 g/mol. The third-order valence-electron chi connectivity index (χ3n) is 2.74. The molecule has 0 heterocycles. The van der Waals surface area contributed by atoms with Crippen LogP contribution in [0.5, 0.6) is 0 Å². The van der Waals surface area contributed by atoms with Crippen molar-refractivity contribution in [3.05, 3.63) is 12.7 Å². The lowest BCUT2D eigenvalue weighted by atomic mass is 10.1. The largest absolute Gasteiger partial charge is 0.460 e. The second-order valence-electron chi connectivity index (χ2n) is 4.58. The van der Waals surface area contributed by atoms with Gasteiger partial charge in [-0.15, -0.1) is 0 Å². The first-order valence-electron chi connectivity index (χ1n) is 7.18. The number of nitrogens with one attached hydrogen (secondary N) is 1. The summed E-state index contributed by atoms with van der Waals surface area (Å²) in [4.78, 5) is 15.8. The normalized spacial score (nSPS) is 11.7. The minimum absolute atomic E-state index is 0.0756. The Bertz CT molecular complexity index is 302. The molecule has 0 aliphatic heterocycles. The van der Waals surface area contributed by atoms with E-state index in [-0.39, 0.29) is 24.6 Å². The van der Waals surface area contributed by atoms with Crippen molar-refractivity contribution in [1.29, 1.82) is 0 Å². The van der Waals surface area contributed by atoms with Gasteiger partial charge in [0, 0.05) is 6.54 Å². The molecule has 0 bridgehead atoms. The van der Waals surface area contributed by atoms with E-state index in [0.29, 0.717) is 13.0 Å². The van der Waals surface area contributed by atoms with Crippen LogP contribution in [-0.2, 0) is 9.53 Å². The Labute approximate surface area is 121 Å². The molecule has 6 nitrogen and oxygen atoms in total. The molecule has 0 aromatic carbocycles. The molecule has 20 heavy (non-hydrogen) atoms. The van der Waals surface area contributed by atoms with E-state index in [4.69, 9.17) is 16.2 Å². The van der Waals surface area contributed by atoms with Crippen molar-refractivity contribution in [3.63, 3.8) is 0 Å². The molecule has 0 aromatic heterocycles. The van der Waals surface area contributed by atoms with Gasteiger partial charge in [0.1, 0.15) is 12.6 Å². The van der Waals surface area contributed by atoms with E-state index in [1.165, 1.54) is 0 Å². The quantitative estimate of drug-likeness (QED) is 0.162. The van der Waals surface area contributed by atoms with E-state index in [2.05, 4.69) is 23.8 Å². The number of rotatable bonds is 12. The van der Waals surface area contributed by atoms with Crippen molar-refractivity contribution in [1.82, 2.24) is 5.32 Å². The van der Waals surface area contributed by atoms with Crippen molar-refractivity contribution in [2.75, 3.05) is 19.7 Å². The Morgan fingerprint density at radius 1 is 1.40 bits per heavy atom. The van der Waals surface area contributed by atoms with E-state index in [9.17, 15) is 4.79 Å². The number of unbranched alkanes of at least 4 members (excludes halogenated alkanes) is 2. The van der Waals surface area contributed by atoms with E-state index >= 15 is 0 Å². The van der Waals surface area contributed by atoms with Gasteiger partial charge in [-0.1, -0.05) is 32.4 Å². The van der Waals surface area contributed by atoms with Gasteiger partial charge in [0.05, 0.1) is 0 Å². The number of hydrogen-bond donors (Lipinski definition) is 3. The molecule has 0 amide bonds. The maximum absolute atomic E-state index is 11.9. The van der Waals surface area contributed by atoms with Crippen LogP contribution in [-0.4, -0.2) is 37.7 Å². The number of nitrogens with two attached hydrogens (primary N) is 2. The summed E-state index contributed by atoms with van der Waals surface area (Å²) in [6.45, 7) is 7.24. The van der Waals surface area contributed by atoms with Gasteiger partial charge in [0.25, 0.3) is 0 Å². The lowest BCUT2D eigenvalue weighted by molar-refractivity contribution is -0.145. The second kappa shape index (κ2) is 12.5. The number of carbonyl (C=O) groups is 1. The zero-order chi connectivity index (χ0) is 15.2. The highest BCUT2D eigenvalue weighted by atomic mass is 16.5. The summed E-state index contributed by atoms with van der Waals surface area (Å²) in [5.74, 6) is -0.169. The van der Waals surface area contributed by atoms with E-state index in [1.807, 2.05) is 0 Å². The smallest absolute Gasteiger partial charge is 0.323 e. The SMILES string of the molecule is C=CCOC(=O)[C@H](CCCN=C(N)N)NCCCCC. The van der Waals surface area contributed by atoms with Crippen LogP contribution in [0.4, 0.5) is 0 Å². The van der Waals surface area contributed by atoms with Crippen LogP contribution < -0.4 is 16.8 Å². The summed E-state index contributed by atoms with van der Waals surface area (Å²) in [5.41, 5.74) is 10.5. The molecular formula is C14H28N4O2. The van der Waals surface area contributed by atoms with E-state index in [1.54, 1.807) is 6.08 Å². The van der Waals surface area contributed by atoms with E-state index < -0.39 is 0 Å². The lowest BCUT2D eigenvalue weighted by Crippen LogP contribution is -2.38. The van der Waals surface area contributed by atoms with Crippen LogP contribution in [0.2, 0.25) is 0 Å². The number of ether oxygens (including phenoxy) is 1. The molecule has 0 aliphatic rings. The number of nitrogens with zero attached hydrogens (tertiary/aromatic N) is 1. The van der Waals surface area contributed by atoms with Gasteiger partial charge in [0.15, 0.2) is 5.96 Å². The number of aliphatic imine (C=N–C) groups is 1. The van der Waals surface area contributed by atoms with Crippen molar-refractivity contribution in [2.45, 2.75) is 45.1 Å². The van der Waals surface area contributed by atoms with Gasteiger partial charge in [0.2, 0.25) is 0 Å². The number of guanidine groups is 1. The Morgan fingerprint density at radius 2 is 2.15 bits per heavy atom. The third kappa shape index (κ3) is 10.4. The molecule has 0 aliphatic carbocycles. The second-order valence-corrected chi connectivity index (χ2v) is 4.58. The fourth-order valence-corrected chi connectivity index (χ4v) is 1.70. The predicted molar refractivity (Wildman–Crippen MR) is 82.4 cm³/mol. The lowest BCUT2D eigenvalue weighted by Gasteiger charge is -2.16. The molecule has 6 heteroatoms. The maximum atomic E-state index is 11.9. The van der Waals surface area contributed by atoms with Gasteiger partial charge in [-0.3, -0.25) is 9.79 Å². The van der Waals surface area contributed by atoms with Crippen molar-refractivity contribution >= 4 is 11.9 Å². The van der Waals surface area contributed by atoms with Crippen LogP contribution in [0.25, 0.3) is 0 Å². The first-order chi connectivity index (χ1) is 9.61. The first-order valence-corrected chi connectivity index (χ1v) is 7.18. The van der Waals surface area contributed by atoms with Gasteiger partial charge in [-0.25, -0.2) is 0 Å². The number of hydrogen-bond acceptors (Lipinski definition) is 4. The predicted octanol–water partition coefficient (Wildman–Crippen LogP) is 0.918. The molecule has 0 radical (unpaired) electrons. The Morgan fingerprint density at radius 3 is 2.75 bits per heavy atom. The van der Waals surface area contributed by atoms with E-state index in [0.717, 1.165) is 32.2 Å². The van der Waals surface area contributed by atoms with Crippen LogP contribution in [0.1, 0.15) is 39.0 Å². The minimum atomic E-state index is -0.305. The molecule has 0 unspecified atom stereocenters. The molecule has 5 N–H and O–H groups in total. The molecule has 0 fully saturated rings. The summed E-state index contributed by atoms with van der Waals surface area (Å²) in [6, 6.07) is -0.305. The topological polar surface area (TPSA) is 103 Å². The highest BCUT2D eigenvalue weighted by molar-refractivity contribution is 5.76. The average molecular weight is 284 g/mol. The summed E-state index contributed by atoms with van der Waals surface area (Å²) < 4.78 is 5.08. The van der Waals surface area contributed by atoms with Gasteiger partial charge >= 0.3 is 5.97 Å². The minimum Gasteiger partial charge on any atom is -0.460 e. The summed E-state index contributed by atoms with van der Waals surface area (Å²) in [5, 5.41) is 3.23. The molecule has 0 saturated carbocycles. The molecule has 0 rings (SSSR count). The van der Waals surface area contributed by atoms with Gasteiger partial charge in [-0.05, 0) is 25.8 Å². The summed E-state index contributed by atoms with van der Waals surface area (Å²) >= 11 is 0. The van der Waals surface area contributed by atoms with Crippen molar-refractivity contribution in [2.24, 2.45) is 16.5 Å². The van der Waals surface area contributed by atoms with Crippen LogP contribution in [0.15, 0.2) is 17.6 Å². The van der Waals surface area contributed by atoms with Crippen molar-refractivity contribution in [3.8, 4) is 0 Å². The Kier molecular flexibility index (Phi) is 11.5. The zero-order valence-electron chi connectivity index (χ0n) is 12.4. The fourth-order valence-electron chi connectivity index (χ4n) is 1.70. The maximum Gasteiger partial charge on any atom is 0.323 e. The van der Waals surface area contributed by atoms with Crippen LogP contribution in [0, 0.1) is 0 Å². The highest BCUT2D eigenvalue weighted by Crippen LogP contribution is 2.02. The standard InChI is InChI=1S/C14H28N4O2/c1-3-5-6-9-17-12(13(19)20-11-4-2)8-7-10-18-14(15)16/h4,12,17H,2-3,5-11H2,1H3,(H4,15,16,18)/t12-/m0/s1. The van der Waals surface area contributed by atoms with Gasteiger partial charge < -0.3 is 21.5 Å². The summed E-state index contributed by atoms with van der Waals surface area (Å²) in [6.07, 6.45) is 6.29. The molecule has 0 saturated heterocycles. The number of carbonyl (C=O) groups excluding carboxylic acids is 1. The zero-order valence-corrected chi connectivity index (χ0v) is 12.4. The van der Waals surface area contributed by atoms with Crippen molar-refractivity contribution < 1.29 is 9.53 Å². The molecule has 0 spiro atoms.